The molecule has 0 aliphatic heterocycles. The molecular weight excluding hydrogens is 745 g/mol. The lowest BCUT2D eigenvalue weighted by Crippen LogP contribution is -2.30. The Labute approximate surface area is 374 Å². The standard InChI is InChI=1S/C54H104O6/c1-4-7-10-13-16-19-22-24-26-28-30-33-35-38-41-44-47-53(56)59-50-51(60-54(57)48-45-42-39-36-31-21-18-15-12-9-6-3)49-58-52(55)46-43-40-37-34-32-29-27-25-23-20-17-14-11-8-5-2/h51H,4-50H2,1-3H3/t51-/m1/s1. The predicted molar refractivity (Wildman–Crippen MR) is 257 cm³/mol. The summed E-state index contributed by atoms with van der Waals surface area (Å²) < 4.78 is 16.8. The molecule has 1 atom stereocenters. The zero-order chi connectivity index (χ0) is 43.7. The van der Waals surface area contributed by atoms with Crippen LogP contribution in [0.1, 0.15) is 310 Å². The molecule has 0 amide bonds. The summed E-state index contributed by atoms with van der Waals surface area (Å²) in [7, 11) is 0. The first-order valence-corrected chi connectivity index (χ1v) is 27.0. The van der Waals surface area contributed by atoms with E-state index in [0.29, 0.717) is 19.3 Å². The first-order chi connectivity index (χ1) is 29.5. The normalized spacial score (nSPS) is 11.8. The first kappa shape index (κ1) is 58.4. The van der Waals surface area contributed by atoms with Crippen molar-refractivity contribution in [1.82, 2.24) is 0 Å². The average molecular weight is 849 g/mol. The lowest BCUT2D eigenvalue weighted by atomic mass is 10.0. The fraction of sp³-hybridized carbons (Fsp3) is 0.944. The van der Waals surface area contributed by atoms with Gasteiger partial charge in [0.2, 0.25) is 0 Å². The van der Waals surface area contributed by atoms with Gasteiger partial charge in [-0.15, -0.1) is 0 Å². The summed E-state index contributed by atoms with van der Waals surface area (Å²) in [6, 6.07) is 0. The molecular formula is C54H104O6. The van der Waals surface area contributed by atoms with Crippen LogP contribution in [-0.4, -0.2) is 37.2 Å². The van der Waals surface area contributed by atoms with Crippen LogP contribution in [-0.2, 0) is 28.6 Å². The third kappa shape index (κ3) is 47.5. The van der Waals surface area contributed by atoms with E-state index in [1.807, 2.05) is 0 Å². The van der Waals surface area contributed by atoms with E-state index in [2.05, 4.69) is 20.8 Å². The van der Waals surface area contributed by atoms with Gasteiger partial charge in [0, 0.05) is 19.3 Å². The topological polar surface area (TPSA) is 78.9 Å². The van der Waals surface area contributed by atoms with Crippen LogP contribution in [0.4, 0.5) is 0 Å². The smallest absolute Gasteiger partial charge is 0.306 e. The molecule has 0 aromatic rings. The molecule has 0 aromatic carbocycles. The number of carbonyl (C=O) groups is 3. The number of ether oxygens (including phenoxy) is 3. The second kappa shape index (κ2) is 50.1. The Hall–Kier alpha value is -1.59. The van der Waals surface area contributed by atoms with Gasteiger partial charge in [0.15, 0.2) is 6.10 Å². The number of carbonyl (C=O) groups excluding carboxylic acids is 3. The van der Waals surface area contributed by atoms with E-state index in [4.69, 9.17) is 14.2 Å². The third-order valence-corrected chi connectivity index (χ3v) is 12.4. The van der Waals surface area contributed by atoms with Crippen molar-refractivity contribution in [2.24, 2.45) is 0 Å². The Bertz CT molecular complexity index is 889. The SMILES string of the molecule is CCCCCCCCCCCCCCCCCCC(=O)OC[C@@H](COC(=O)CCCCCCCCCCCCCCCCC)OC(=O)CCCCCCCCCCCCC. The highest BCUT2D eigenvalue weighted by molar-refractivity contribution is 5.71. The van der Waals surface area contributed by atoms with Gasteiger partial charge in [-0.2, -0.15) is 0 Å². The lowest BCUT2D eigenvalue weighted by Gasteiger charge is -2.18. The van der Waals surface area contributed by atoms with E-state index in [9.17, 15) is 14.4 Å². The monoisotopic (exact) mass is 849 g/mol. The molecule has 0 fully saturated rings. The highest BCUT2D eigenvalue weighted by Crippen LogP contribution is 2.17. The van der Waals surface area contributed by atoms with Crippen molar-refractivity contribution in [3.05, 3.63) is 0 Å². The zero-order valence-corrected chi connectivity index (χ0v) is 40.8. The number of esters is 3. The molecule has 0 aliphatic carbocycles. The molecule has 0 unspecified atom stereocenters. The minimum Gasteiger partial charge on any atom is -0.462 e. The van der Waals surface area contributed by atoms with Crippen LogP contribution in [0, 0.1) is 0 Å². The van der Waals surface area contributed by atoms with Gasteiger partial charge in [-0.1, -0.05) is 271 Å². The summed E-state index contributed by atoms with van der Waals surface area (Å²) >= 11 is 0. The maximum atomic E-state index is 12.8. The molecule has 0 radical (unpaired) electrons. The molecule has 6 nitrogen and oxygen atoms in total. The molecule has 60 heavy (non-hydrogen) atoms. The quantitative estimate of drug-likeness (QED) is 0.0345. The van der Waals surface area contributed by atoms with Crippen LogP contribution < -0.4 is 0 Å². The van der Waals surface area contributed by atoms with E-state index in [0.717, 1.165) is 57.8 Å². The maximum absolute atomic E-state index is 12.8. The van der Waals surface area contributed by atoms with Crippen LogP contribution in [0.3, 0.4) is 0 Å². The molecule has 0 aromatic heterocycles. The maximum Gasteiger partial charge on any atom is 0.306 e. The number of rotatable bonds is 50. The highest BCUT2D eigenvalue weighted by atomic mass is 16.6. The van der Waals surface area contributed by atoms with Crippen molar-refractivity contribution in [3.8, 4) is 0 Å². The van der Waals surface area contributed by atoms with Gasteiger partial charge in [0.25, 0.3) is 0 Å². The summed E-state index contributed by atoms with van der Waals surface area (Å²) in [5.41, 5.74) is 0. The Morgan fingerprint density at radius 1 is 0.267 bits per heavy atom. The van der Waals surface area contributed by atoms with Gasteiger partial charge in [0.05, 0.1) is 0 Å². The summed E-state index contributed by atoms with van der Waals surface area (Å²) in [6.07, 6.45) is 53.7. The summed E-state index contributed by atoms with van der Waals surface area (Å²) in [4.78, 5) is 38.0. The Kier molecular flexibility index (Phi) is 48.7. The van der Waals surface area contributed by atoms with E-state index in [-0.39, 0.29) is 31.1 Å². The molecule has 0 spiro atoms. The van der Waals surface area contributed by atoms with Gasteiger partial charge in [-0.25, -0.2) is 0 Å². The van der Waals surface area contributed by atoms with Crippen LogP contribution in [0.5, 0.6) is 0 Å². The van der Waals surface area contributed by atoms with Gasteiger partial charge < -0.3 is 14.2 Å². The zero-order valence-electron chi connectivity index (χ0n) is 40.8. The number of unbranched alkanes of at least 4 members (excludes halogenated alkanes) is 39. The summed E-state index contributed by atoms with van der Waals surface area (Å²) in [5.74, 6) is -0.838. The van der Waals surface area contributed by atoms with Gasteiger partial charge in [-0.3, -0.25) is 14.4 Å². The van der Waals surface area contributed by atoms with Gasteiger partial charge in [-0.05, 0) is 19.3 Å². The highest BCUT2D eigenvalue weighted by Gasteiger charge is 2.19. The minimum atomic E-state index is -0.759. The molecule has 356 valence electrons. The predicted octanol–water partition coefficient (Wildman–Crippen LogP) is 17.6. The van der Waals surface area contributed by atoms with Crippen LogP contribution >= 0.6 is 0 Å². The van der Waals surface area contributed by atoms with E-state index in [1.165, 1.54) is 212 Å². The summed E-state index contributed by atoms with van der Waals surface area (Å²) in [6.45, 7) is 6.69. The van der Waals surface area contributed by atoms with Crippen molar-refractivity contribution in [1.29, 1.82) is 0 Å². The fourth-order valence-electron chi connectivity index (χ4n) is 8.27. The van der Waals surface area contributed by atoms with Crippen molar-refractivity contribution in [3.63, 3.8) is 0 Å². The number of hydrogen-bond donors (Lipinski definition) is 0. The second-order valence-electron chi connectivity index (χ2n) is 18.5. The average Bonchev–Trinajstić information content (AvgIpc) is 3.24. The molecule has 0 aliphatic rings. The van der Waals surface area contributed by atoms with Crippen LogP contribution in [0.2, 0.25) is 0 Å². The van der Waals surface area contributed by atoms with E-state index >= 15 is 0 Å². The van der Waals surface area contributed by atoms with E-state index in [1.54, 1.807) is 0 Å². The third-order valence-electron chi connectivity index (χ3n) is 12.4. The van der Waals surface area contributed by atoms with Crippen molar-refractivity contribution < 1.29 is 28.6 Å². The molecule has 6 heteroatoms. The lowest BCUT2D eigenvalue weighted by molar-refractivity contribution is -0.167. The second-order valence-corrected chi connectivity index (χ2v) is 18.5. The molecule has 0 bridgehead atoms. The van der Waals surface area contributed by atoms with Gasteiger partial charge in [0.1, 0.15) is 13.2 Å². The van der Waals surface area contributed by atoms with Crippen LogP contribution in [0.25, 0.3) is 0 Å². The molecule has 0 N–H and O–H groups in total. The molecule has 0 saturated heterocycles. The van der Waals surface area contributed by atoms with Crippen molar-refractivity contribution in [2.75, 3.05) is 13.2 Å². The minimum absolute atomic E-state index is 0.0616. The van der Waals surface area contributed by atoms with Crippen molar-refractivity contribution >= 4 is 17.9 Å². The molecule has 0 heterocycles. The van der Waals surface area contributed by atoms with Crippen LogP contribution in [0.15, 0.2) is 0 Å². The van der Waals surface area contributed by atoms with Gasteiger partial charge >= 0.3 is 17.9 Å². The fourth-order valence-corrected chi connectivity index (χ4v) is 8.27. The van der Waals surface area contributed by atoms with E-state index < -0.39 is 6.10 Å². The largest absolute Gasteiger partial charge is 0.462 e. The Balaban J connectivity index is 4.26. The Morgan fingerprint density at radius 2 is 0.450 bits per heavy atom. The first-order valence-electron chi connectivity index (χ1n) is 27.0. The van der Waals surface area contributed by atoms with Crippen molar-refractivity contribution in [2.45, 2.75) is 316 Å². The molecule has 0 saturated carbocycles. The number of hydrogen-bond acceptors (Lipinski definition) is 6. The molecule has 0 rings (SSSR count). The summed E-state index contributed by atoms with van der Waals surface area (Å²) in [5, 5.41) is 0. The Morgan fingerprint density at radius 3 is 0.667 bits per heavy atom.